The Hall–Kier alpha value is -3.60. The molecule has 0 fully saturated rings. The summed E-state index contributed by atoms with van der Waals surface area (Å²) in [6, 6.07) is 20.5. The highest BCUT2D eigenvalue weighted by Gasteiger charge is 2.20. The van der Waals surface area contributed by atoms with Gasteiger partial charge < -0.3 is 9.47 Å². The van der Waals surface area contributed by atoms with Crippen LogP contribution in [0.15, 0.2) is 70.8 Å². The largest absolute Gasteiger partial charge is 0.493 e. The third-order valence-electron chi connectivity index (χ3n) is 5.59. The fraction of sp³-hybridized carbons (Fsp3) is 0.259. The van der Waals surface area contributed by atoms with E-state index in [1.54, 1.807) is 14.2 Å². The molecule has 3 aromatic rings. The Morgan fingerprint density at radius 2 is 1.47 bits per heavy atom. The van der Waals surface area contributed by atoms with Crippen LogP contribution in [0.1, 0.15) is 48.6 Å². The van der Waals surface area contributed by atoms with Crippen molar-refractivity contribution in [3.05, 3.63) is 88.5 Å². The lowest BCUT2D eigenvalue weighted by Gasteiger charge is -2.19. The Morgan fingerprint density at radius 1 is 0.781 bits per heavy atom. The Labute approximate surface area is 189 Å². The molecule has 0 aliphatic carbocycles. The first-order chi connectivity index (χ1) is 15.3. The van der Waals surface area contributed by atoms with Crippen LogP contribution >= 0.6 is 0 Å². The van der Waals surface area contributed by atoms with E-state index in [1.807, 2.05) is 24.3 Å². The van der Waals surface area contributed by atoms with E-state index in [0.717, 1.165) is 33.7 Å². The standard InChI is InChI=1S/C27H29N3O2/c1-17-7-13-22-21(15-17)25(19-10-14-23(31-5)24(16-19)32-6)29-30-26(28-22)18-8-11-20(12-9-18)27(2,3)4/h7-16H,1-6H3,(H,28,30). The molecular weight excluding hydrogens is 398 g/mol. The van der Waals surface area contributed by atoms with Gasteiger partial charge in [0.05, 0.1) is 19.9 Å². The summed E-state index contributed by atoms with van der Waals surface area (Å²) < 4.78 is 10.9. The fourth-order valence-electron chi connectivity index (χ4n) is 3.71. The zero-order chi connectivity index (χ0) is 22.9. The molecule has 0 amide bonds. The lowest BCUT2D eigenvalue weighted by molar-refractivity contribution is 0.355. The third kappa shape index (κ3) is 4.24. The van der Waals surface area contributed by atoms with Crippen LogP contribution in [0.2, 0.25) is 0 Å². The van der Waals surface area contributed by atoms with Gasteiger partial charge in [0.2, 0.25) is 0 Å². The van der Waals surface area contributed by atoms with Crippen LogP contribution in [-0.2, 0) is 5.41 Å². The van der Waals surface area contributed by atoms with Crippen molar-refractivity contribution < 1.29 is 9.47 Å². The quantitative estimate of drug-likeness (QED) is 0.577. The van der Waals surface area contributed by atoms with Gasteiger partial charge in [-0.3, -0.25) is 5.43 Å². The summed E-state index contributed by atoms with van der Waals surface area (Å²) in [7, 11) is 3.27. The summed E-state index contributed by atoms with van der Waals surface area (Å²) >= 11 is 0. The second-order valence-corrected chi connectivity index (χ2v) is 8.95. The van der Waals surface area contributed by atoms with Gasteiger partial charge in [-0.25, -0.2) is 4.99 Å². The SMILES string of the molecule is COc1ccc(C2=NNC(c3ccc(C(C)(C)C)cc3)=Nc3ccc(C)cc32)cc1OC. The lowest BCUT2D eigenvalue weighted by atomic mass is 9.86. The van der Waals surface area contributed by atoms with Crippen LogP contribution in [0.25, 0.3) is 0 Å². The Balaban J connectivity index is 1.80. The number of nitrogens with zero attached hydrogens (tertiary/aromatic N) is 2. The molecule has 4 rings (SSSR count). The average molecular weight is 428 g/mol. The number of aliphatic imine (C=N–C) groups is 1. The predicted octanol–water partition coefficient (Wildman–Crippen LogP) is 5.74. The number of fused-ring (bicyclic) bond motifs is 1. The molecule has 3 aromatic carbocycles. The minimum Gasteiger partial charge on any atom is -0.493 e. The molecular formula is C27H29N3O2. The monoisotopic (exact) mass is 427 g/mol. The minimum absolute atomic E-state index is 0.0973. The molecule has 5 heteroatoms. The van der Waals surface area contributed by atoms with Crippen LogP contribution in [0, 0.1) is 6.92 Å². The molecule has 164 valence electrons. The van der Waals surface area contributed by atoms with Gasteiger partial charge >= 0.3 is 0 Å². The van der Waals surface area contributed by atoms with Crippen LogP contribution in [0.5, 0.6) is 11.5 Å². The van der Waals surface area contributed by atoms with Crippen molar-refractivity contribution in [2.45, 2.75) is 33.1 Å². The number of ether oxygens (including phenoxy) is 2. The van der Waals surface area contributed by atoms with Crippen molar-refractivity contribution in [1.82, 2.24) is 5.43 Å². The summed E-state index contributed by atoms with van der Waals surface area (Å²) in [5.74, 6) is 2.05. The van der Waals surface area contributed by atoms with E-state index in [2.05, 4.69) is 69.5 Å². The molecule has 1 aliphatic rings. The highest BCUT2D eigenvalue weighted by Crippen LogP contribution is 2.32. The minimum atomic E-state index is 0.0973. The zero-order valence-corrected chi connectivity index (χ0v) is 19.5. The Kier molecular flexibility index (Phi) is 5.74. The van der Waals surface area contributed by atoms with Gasteiger partial charge in [-0.05, 0) is 48.2 Å². The maximum atomic E-state index is 5.51. The number of hydrazone groups is 1. The van der Waals surface area contributed by atoms with E-state index in [-0.39, 0.29) is 5.41 Å². The number of benzene rings is 3. The van der Waals surface area contributed by atoms with E-state index in [4.69, 9.17) is 19.6 Å². The molecule has 1 N–H and O–H groups in total. The molecule has 0 unspecified atom stereocenters. The predicted molar refractivity (Wildman–Crippen MR) is 131 cm³/mol. The molecule has 0 aromatic heterocycles. The van der Waals surface area contributed by atoms with E-state index < -0.39 is 0 Å². The molecule has 0 radical (unpaired) electrons. The van der Waals surface area contributed by atoms with E-state index in [1.165, 1.54) is 5.56 Å². The van der Waals surface area contributed by atoms with Crippen LogP contribution < -0.4 is 14.9 Å². The van der Waals surface area contributed by atoms with Crippen molar-refractivity contribution in [1.29, 1.82) is 0 Å². The molecule has 0 saturated heterocycles. The first-order valence-electron chi connectivity index (χ1n) is 10.7. The number of hydrogen-bond acceptors (Lipinski definition) is 5. The van der Waals surface area contributed by atoms with Gasteiger partial charge in [-0.2, -0.15) is 5.10 Å². The van der Waals surface area contributed by atoms with Crippen molar-refractivity contribution in [3.8, 4) is 11.5 Å². The van der Waals surface area contributed by atoms with Crippen molar-refractivity contribution in [2.75, 3.05) is 14.2 Å². The normalized spacial score (nSPS) is 13.3. The van der Waals surface area contributed by atoms with Crippen molar-refractivity contribution in [2.24, 2.45) is 10.1 Å². The molecule has 0 bridgehead atoms. The second-order valence-electron chi connectivity index (χ2n) is 8.95. The summed E-state index contributed by atoms with van der Waals surface area (Å²) in [6.45, 7) is 8.70. The summed E-state index contributed by atoms with van der Waals surface area (Å²) in [4.78, 5) is 4.93. The first-order valence-corrected chi connectivity index (χ1v) is 10.7. The maximum absolute atomic E-state index is 5.51. The summed E-state index contributed by atoms with van der Waals surface area (Å²) in [6.07, 6.45) is 0. The van der Waals surface area contributed by atoms with Crippen LogP contribution in [0.3, 0.4) is 0 Å². The lowest BCUT2D eigenvalue weighted by Crippen LogP contribution is -2.20. The fourth-order valence-corrected chi connectivity index (χ4v) is 3.71. The molecule has 0 spiro atoms. The van der Waals surface area contributed by atoms with Crippen LogP contribution in [-0.4, -0.2) is 25.8 Å². The summed E-state index contributed by atoms with van der Waals surface area (Å²) in [5, 5.41) is 4.78. The molecule has 1 heterocycles. The zero-order valence-electron chi connectivity index (χ0n) is 19.5. The molecule has 0 saturated carbocycles. The third-order valence-corrected chi connectivity index (χ3v) is 5.59. The highest BCUT2D eigenvalue weighted by atomic mass is 16.5. The molecule has 0 atom stereocenters. The van der Waals surface area contributed by atoms with Gasteiger partial charge in [-0.15, -0.1) is 0 Å². The molecule has 1 aliphatic heterocycles. The van der Waals surface area contributed by atoms with E-state index in [9.17, 15) is 0 Å². The summed E-state index contributed by atoms with van der Waals surface area (Å²) in [5.41, 5.74) is 10.3. The highest BCUT2D eigenvalue weighted by molar-refractivity contribution is 6.18. The van der Waals surface area contributed by atoms with Gasteiger partial charge in [-0.1, -0.05) is 56.7 Å². The smallest absolute Gasteiger partial charge is 0.161 e. The van der Waals surface area contributed by atoms with Gasteiger partial charge in [0.15, 0.2) is 17.3 Å². The number of amidine groups is 1. The number of rotatable bonds is 4. The maximum Gasteiger partial charge on any atom is 0.161 e. The Bertz CT molecular complexity index is 1200. The van der Waals surface area contributed by atoms with Gasteiger partial charge in [0, 0.05) is 16.7 Å². The number of nitrogens with one attached hydrogen (secondary N) is 1. The van der Waals surface area contributed by atoms with E-state index >= 15 is 0 Å². The van der Waals surface area contributed by atoms with Crippen LogP contribution in [0.4, 0.5) is 5.69 Å². The molecule has 32 heavy (non-hydrogen) atoms. The molecule has 5 nitrogen and oxygen atoms in total. The Morgan fingerprint density at radius 3 is 2.12 bits per heavy atom. The van der Waals surface area contributed by atoms with E-state index in [0.29, 0.717) is 17.3 Å². The number of hydrogen-bond donors (Lipinski definition) is 1. The van der Waals surface area contributed by atoms with Crippen molar-refractivity contribution >= 4 is 17.2 Å². The topological polar surface area (TPSA) is 55.2 Å². The second kappa shape index (κ2) is 8.50. The van der Waals surface area contributed by atoms with Gasteiger partial charge in [0.25, 0.3) is 0 Å². The van der Waals surface area contributed by atoms with Crippen molar-refractivity contribution in [3.63, 3.8) is 0 Å². The van der Waals surface area contributed by atoms with Gasteiger partial charge in [0.1, 0.15) is 5.71 Å². The average Bonchev–Trinajstić information content (AvgIpc) is 2.97. The number of aryl methyl sites for hydroxylation is 1. The first kappa shape index (κ1) is 21.6. The number of methoxy groups -OCH3 is 2.